The predicted octanol–water partition coefficient (Wildman–Crippen LogP) is 3.28. The fourth-order valence-electron chi connectivity index (χ4n) is 3.66. The molecule has 9 nitrogen and oxygen atoms in total. The molecule has 1 amide bonds. The van der Waals surface area contributed by atoms with Gasteiger partial charge in [-0.3, -0.25) is 9.52 Å². The van der Waals surface area contributed by atoms with Gasteiger partial charge in [-0.05, 0) is 48.5 Å². The molecule has 11 heteroatoms. The maximum atomic E-state index is 13.0. The maximum Gasteiger partial charge on any atom is 0.263 e. The minimum atomic E-state index is -3.80. The number of benzene rings is 2. The van der Waals surface area contributed by atoms with E-state index in [1.165, 1.54) is 23.5 Å². The Labute approximate surface area is 200 Å². The number of para-hydroxylation sites is 1. The van der Waals surface area contributed by atoms with Crippen molar-refractivity contribution in [2.45, 2.75) is 4.90 Å². The monoisotopic (exact) mass is 494 g/mol. The molecule has 0 bridgehead atoms. The first kappa shape index (κ1) is 22.3. The largest absolute Gasteiger partial charge is 0.340 e. The van der Waals surface area contributed by atoms with Crippen LogP contribution < -0.4 is 15.4 Å². The highest BCUT2D eigenvalue weighted by Gasteiger charge is 2.21. The number of piperazine rings is 1. The van der Waals surface area contributed by atoms with Gasteiger partial charge < -0.3 is 15.5 Å². The molecule has 2 aromatic heterocycles. The number of anilines is 3. The van der Waals surface area contributed by atoms with Crippen molar-refractivity contribution in [3.05, 3.63) is 72.4 Å². The van der Waals surface area contributed by atoms with Gasteiger partial charge in [0, 0.05) is 38.1 Å². The van der Waals surface area contributed by atoms with Crippen LogP contribution in [0, 0.1) is 0 Å². The molecule has 0 spiro atoms. The molecule has 1 aliphatic heterocycles. The van der Waals surface area contributed by atoms with E-state index in [2.05, 4.69) is 25.3 Å². The lowest BCUT2D eigenvalue weighted by atomic mass is 10.2. The van der Waals surface area contributed by atoms with Gasteiger partial charge in [-0.1, -0.05) is 23.5 Å². The third kappa shape index (κ3) is 4.72. The number of carbonyl (C=O) groups excluding carboxylic acids is 1. The van der Waals surface area contributed by atoms with E-state index in [0.717, 1.165) is 23.3 Å². The van der Waals surface area contributed by atoms with Crippen LogP contribution in [0.5, 0.6) is 0 Å². The summed E-state index contributed by atoms with van der Waals surface area (Å²) in [6.07, 6.45) is 1.61. The van der Waals surface area contributed by atoms with Crippen LogP contribution >= 0.6 is 11.3 Å². The van der Waals surface area contributed by atoms with Crippen molar-refractivity contribution in [1.82, 2.24) is 20.2 Å². The van der Waals surface area contributed by atoms with E-state index in [4.69, 9.17) is 0 Å². The molecule has 1 fully saturated rings. The van der Waals surface area contributed by atoms with E-state index in [9.17, 15) is 13.2 Å². The van der Waals surface area contributed by atoms with Crippen LogP contribution in [0.25, 0.3) is 10.2 Å². The average Bonchev–Trinajstić information content (AvgIpc) is 3.26. The molecule has 0 unspecified atom stereocenters. The second kappa shape index (κ2) is 9.37. The van der Waals surface area contributed by atoms with Gasteiger partial charge in [0.25, 0.3) is 15.9 Å². The maximum absolute atomic E-state index is 13.0. The Kier molecular flexibility index (Phi) is 6.14. The van der Waals surface area contributed by atoms with Crippen molar-refractivity contribution < 1.29 is 13.2 Å². The van der Waals surface area contributed by atoms with Crippen molar-refractivity contribution in [2.24, 2.45) is 0 Å². The molecule has 1 saturated heterocycles. The Morgan fingerprint density at radius 2 is 1.76 bits per heavy atom. The minimum Gasteiger partial charge on any atom is -0.340 e. The standard InChI is InChI=1S/C23H22N6O3S2/c30-22(29-14-12-24-13-15-29)18-4-3-11-25-21(18)26-16-7-9-17(10-8-16)34(31,32)28-23-27-19-5-1-2-6-20(19)33-23/h1-11,24H,12-15H2,(H,25,26)(H,27,28). The van der Waals surface area contributed by atoms with Gasteiger partial charge in [0.2, 0.25) is 0 Å². The summed E-state index contributed by atoms with van der Waals surface area (Å²) < 4.78 is 29.1. The molecule has 3 N–H and O–H groups in total. The van der Waals surface area contributed by atoms with Crippen molar-refractivity contribution in [1.29, 1.82) is 0 Å². The number of thiazole rings is 1. The second-order valence-electron chi connectivity index (χ2n) is 7.68. The van der Waals surface area contributed by atoms with E-state index in [1.54, 1.807) is 35.4 Å². The fourth-order valence-corrected chi connectivity index (χ4v) is 5.76. The number of fused-ring (bicyclic) bond motifs is 1. The third-order valence-corrected chi connectivity index (χ3v) is 7.82. The molecule has 5 rings (SSSR count). The van der Waals surface area contributed by atoms with Crippen molar-refractivity contribution in [3.8, 4) is 0 Å². The Balaban J connectivity index is 1.32. The van der Waals surface area contributed by atoms with Crippen LogP contribution in [0.15, 0.2) is 71.8 Å². The number of sulfonamides is 1. The summed E-state index contributed by atoms with van der Waals surface area (Å²) in [7, 11) is -3.80. The number of pyridine rings is 1. The van der Waals surface area contributed by atoms with Crippen molar-refractivity contribution in [2.75, 3.05) is 36.2 Å². The van der Waals surface area contributed by atoms with Gasteiger partial charge in [0.05, 0.1) is 20.7 Å². The highest BCUT2D eigenvalue weighted by molar-refractivity contribution is 7.93. The summed E-state index contributed by atoms with van der Waals surface area (Å²) in [6.45, 7) is 2.80. The topological polar surface area (TPSA) is 116 Å². The average molecular weight is 495 g/mol. The highest BCUT2D eigenvalue weighted by atomic mass is 32.2. The molecule has 0 radical (unpaired) electrons. The molecule has 3 heterocycles. The summed E-state index contributed by atoms with van der Waals surface area (Å²) in [6, 6.07) is 17.2. The highest BCUT2D eigenvalue weighted by Crippen LogP contribution is 2.28. The number of aromatic nitrogens is 2. The number of nitrogens with zero attached hydrogens (tertiary/aromatic N) is 3. The van der Waals surface area contributed by atoms with Gasteiger partial charge in [0.15, 0.2) is 5.13 Å². The molecule has 2 aromatic carbocycles. The van der Waals surface area contributed by atoms with Gasteiger partial charge >= 0.3 is 0 Å². The molecular formula is C23H22N6O3S2. The van der Waals surface area contributed by atoms with Crippen molar-refractivity contribution >= 4 is 54.1 Å². The lowest BCUT2D eigenvalue weighted by molar-refractivity contribution is 0.0736. The second-order valence-corrected chi connectivity index (χ2v) is 10.4. The molecule has 4 aromatic rings. The molecule has 0 aliphatic carbocycles. The van der Waals surface area contributed by atoms with Crippen molar-refractivity contribution in [3.63, 3.8) is 0 Å². The smallest absolute Gasteiger partial charge is 0.263 e. The summed E-state index contributed by atoms with van der Waals surface area (Å²) in [5.74, 6) is 0.338. The first-order valence-electron chi connectivity index (χ1n) is 10.7. The third-order valence-electron chi connectivity index (χ3n) is 5.39. The Bertz CT molecular complexity index is 1400. The number of amides is 1. The molecule has 0 saturated carbocycles. The molecule has 34 heavy (non-hydrogen) atoms. The quantitative estimate of drug-likeness (QED) is 0.377. The number of nitrogens with one attached hydrogen (secondary N) is 3. The summed E-state index contributed by atoms with van der Waals surface area (Å²) >= 11 is 1.28. The lowest BCUT2D eigenvalue weighted by Crippen LogP contribution is -2.46. The van der Waals surface area contributed by atoms with Gasteiger partial charge in [0.1, 0.15) is 5.82 Å². The number of carbonyl (C=O) groups is 1. The van der Waals surface area contributed by atoms with E-state index >= 15 is 0 Å². The first-order valence-corrected chi connectivity index (χ1v) is 13.0. The first-order chi connectivity index (χ1) is 16.5. The SMILES string of the molecule is O=C(c1cccnc1Nc1ccc(S(=O)(=O)Nc2nc3ccccc3s2)cc1)N1CCNCC1. The predicted molar refractivity (Wildman–Crippen MR) is 133 cm³/mol. The van der Waals surface area contributed by atoms with Crippen LogP contribution in [0.4, 0.5) is 16.6 Å². The zero-order valence-corrected chi connectivity index (χ0v) is 19.7. The zero-order valence-electron chi connectivity index (χ0n) is 18.1. The summed E-state index contributed by atoms with van der Waals surface area (Å²) in [5, 5.41) is 6.68. The molecular weight excluding hydrogens is 472 g/mol. The fraction of sp³-hybridized carbons (Fsp3) is 0.174. The Hall–Kier alpha value is -3.54. The summed E-state index contributed by atoms with van der Waals surface area (Å²) in [4.78, 5) is 23.5. The molecule has 0 atom stereocenters. The van der Waals surface area contributed by atoms with E-state index < -0.39 is 10.0 Å². The molecule has 174 valence electrons. The normalized spacial score (nSPS) is 14.2. The summed E-state index contributed by atoms with van der Waals surface area (Å²) in [5.41, 5.74) is 1.83. The zero-order chi connectivity index (χ0) is 23.5. The van der Waals surface area contributed by atoms with Gasteiger partial charge in [-0.25, -0.2) is 18.4 Å². The van der Waals surface area contributed by atoms with E-state index in [0.29, 0.717) is 35.3 Å². The number of hydrogen-bond donors (Lipinski definition) is 3. The van der Waals surface area contributed by atoms with Crippen LogP contribution in [0.1, 0.15) is 10.4 Å². The van der Waals surface area contributed by atoms with Crippen LogP contribution in [-0.2, 0) is 10.0 Å². The van der Waals surface area contributed by atoms with Crippen LogP contribution in [-0.4, -0.2) is 55.4 Å². The van der Waals surface area contributed by atoms with E-state index in [-0.39, 0.29) is 10.8 Å². The van der Waals surface area contributed by atoms with E-state index in [1.807, 2.05) is 24.3 Å². The number of hydrogen-bond acceptors (Lipinski definition) is 8. The van der Waals surface area contributed by atoms with Crippen LogP contribution in [0.3, 0.4) is 0 Å². The van der Waals surface area contributed by atoms with Crippen LogP contribution in [0.2, 0.25) is 0 Å². The Morgan fingerprint density at radius 3 is 2.53 bits per heavy atom. The lowest BCUT2D eigenvalue weighted by Gasteiger charge is -2.28. The van der Waals surface area contributed by atoms with Gasteiger partial charge in [-0.2, -0.15) is 0 Å². The minimum absolute atomic E-state index is 0.0867. The molecule has 1 aliphatic rings. The van der Waals surface area contributed by atoms with Gasteiger partial charge in [-0.15, -0.1) is 0 Å². The Morgan fingerprint density at radius 1 is 1.00 bits per heavy atom. The number of rotatable bonds is 6.